The lowest BCUT2D eigenvalue weighted by atomic mass is 10.0. The number of nitrogens with zero attached hydrogens (tertiary/aromatic N) is 1. The smallest absolute Gasteiger partial charge is 0.119 e. The van der Waals surface area contributed by atoms with Crippen molar-refractivity contribution in [1.29, 1.82) is 0 Å². The Balaban J connectivity index is 2.35. The number of methoxy groups -OCH3 is 1. The van der Waals surface area contributed by atoms with E-state index >= 15 is 0 Å². The average Bonchev–Trinajstić information content (AvgIpc) is 2.46. The number of aromatic nitrogens is 1. The van der Waals surface area contributed by atoms with E-state index in [9.17, 15) is 0 Å². The van der Waals surface area contributed by atoms with Crippen molar-refractivity contribution in [2.45, 2.75) is 13.0 Å². The summed E-state index contributed by atoms with van der Waals surface area (Å²) in [5.74, 6) is 0.842. The number of rotatable bonds is 5. The molecule has 3 nitrogen and oxygen atoms in total. The van der Waals surface area contributed by atoms with Crippen molar-refractivity contribution in [3.63, 3.8) is 0 Å². The van der Waals surface area contributed by atoms with Crippen molar-refractivity contribution in [3.05, 3.63) is 58.9 Å². The first kappa shape index (κ1) is 13.8. The van der Waals surface area contributed by atoms with Crippen LogP contribution in [0.1, 0.15) is 24.2 Å². The van der Waals surface area contributed by atoms with Gasteiger partial charge in [0.1, 0.15) is 5.75 Å². The number of hydrogen-bond acceptors (Lipinski definition) is 3. The minimum atomic E-state index is 0.0392. The largest absolute Gasteiger partial charge is 0.497 e. The lowest BCUT2D eigenvalue weighted by molar-refractivity contribution is 0.413. The normalized spacial score (nSPS) is 12.2. The van der Waals surface area contributed by atoms with Crippen LogP contribution in [0.2, 0.25) is 5.02 Å². The van der Waals surface area contributed by atoms with Crippen LogP contribution in [0.15, 0.2) is 42.6 Å². The molecule has 0 radical (unpaired) electrons. The first-order chi connectivity index (χ1) is 9.24. The lowest BCUT2D eigenvalue weighted by Crippen LogP contribution is -2.22. The molecule has 1 unspecified atom stereocenters. The predicted octanol–water partition coefficient (Wildman–Crippen LogP) is 3.44. The van der Waals surface area contributed by atoms with Crippen molar-refractivity contribution in [1.82, 2.24) is 10.3 Å². The van der Waals surface area contributed by atoms with E-state index in [-0.39, 0.29) is 6.04 Å². The highest BCUT2D eigenvalue weighted by atomic mass is 35.5. The van der Waals surface area contributed by atoms with Crippen LogP contribution in [0.5, 0.6) is 5.75 Å². The molecule has 0 bridgehead atoms. The molecule has 100 valence electrons. The number of benzene rings is 1. The van der Waals surface area contributed by atoms with E-state index in [4.69, 9.17) is 16.3 Å². The molecule has 0 aliphatic heterocycles. The van der Waals surface area contributed by atoms with Crippen LogP contribution in [0.4, 0.5) is 0 Å². The monoisotopic (exact) mass is 276 g/mol. The Kier molecular flexibility index (Phi) is 4.77. The van der Waals surface area contributed by atoms with E-state index in [1.54, 1.807) is 13.3 Å². The highest BCUT2D eigenvalue weighted by Gasteiger charge is 2.14. The fourth-order valence-corrected chi connectivity index (χ4v) is 2.09. The van der Waals surface area contributed by atoms with Crippen LogP contribution in [-0.2, 0) is 0 Å². The molecule has 0 amide bonds. The lowest BCUT2D eigenvalue weighted by Gasteiger charge is -2.18. The van der Waals surface area contributed by atoms with Gasteiger partial charge in [0.15, 0.2) is 0 Å². The van der Waals surface area contributed by atoms with Crippen LogP contribution >= 0.6 is 11.6 Å². The van der Waals surface area contributed by atoms with Gasteiger partial charge in [-0.05, 0) is 36.4 Å². The minimum absolute atomic E-state index is 0.0392. The van der Waals surface area contributed by atoms with Gasteiger partial charge in [0.05, 0.1) is 23.9 Å². The molecule has 1 heterocycles. The second-order valence-corrected chi connectivity index (χ2v) is 4.61. The quantitative estimate of drug-likeness (QED) is 0.908. The second-order valence-electron chi connectivity index (χ2n) is 4.17. The maximum atomic E-state index is 5.88. The van der Waals surface area contributed by atoms with Crippen molar-refractivity contribution in [2.75, 3.05) is 13.7 Å². The van der Waals surface area contributed by atoms with Gasteiger partial charge in [0.2, 0.25) is 0 Å². The first-order valence-electron chi connectivity index (χ1n) is 6.23. The predicted molar refractivity (Wildman–Crippen MR) is 77.8 cm³/mol. The van der Waals surface area contributed by atoms with Gasteiger partial charge in [0.25, 0.3) is 0 Å². The summed E-state index contributed by atoms with van der Waals surface area (Å²) in [5.41, 5.74) is 2.07. The first-order valence-corrected chi connectivity index (χ1v) is 6.61. The van der Waals surface area contributed by atoms with E-state index in [2.05, 4.69) is 23.3 Å². The number of hydrogen-bond donors (Lipinski definition) is 1. The van der Waals surface area contributed by atoms with Gasteiger partial charge in [-0.1, -0.05) is 30.7 Å². The van der Waals surface area contributed by atoms with Gasteiger partial charge in [-0.15, -0.1) is 0 Å². The molecule has 2 rings (SSSR count). The SMILES string of the molecule is CCNC(c1cccc(OC)c1)c1ccc(Cl)cn1. The summed E-state index contributed by atoms with van der Waals surface area (Å²) >= 11 is 5.88. The second kappa shape index (κ2) is 6.55. The highest BCUT2D eigenvalue weighted by molar-refractivity contribution is 6.30. The zero-order valence-corrected chi connectivity index (χ0v) is 11.8. The molecule has 0 aliphatic rings. The Labute approximate surface area is 118 Å². The Morgan fingerprint density at radius 3 is 2.79 bits per heavy atom. The summed E-state index contributed by atoms with van der Waals surface area (Å²) in [5, 5.41) is 4.07. The summed E-state index contributed by atoms with van der Waals surface area (Å²) in [6, 6.07) is 11.8. The molecule has 4 heteroatoms. The third kappa shape index (κ3) is 3.46. The molecule has 1 atom stereocenters. The van der Waals surface area contributed by atoms with Crippen LogP contribution in [0.25, 0.3) is 0 Å². The summed E-state index contributed by atoms with van der Waals surface area (Å²) in [6.45, 7) is 2.93. The summed E-state index contributed by atoms with van der Waals surface area (Å²) < 4.78 is 5.27. The molecule has 0 fully saturated rings. The van der Waals surface area contributed by atoms with Gasteiger partial charge in [-0.2, -0.15) is 0 Å². The van der Waals surface area contributed by atoms with Gasteiger partial charge in [-0.25, -0.2) is 0 Å². The molecule has 0 spiro atoms. The third-order valence-electron chi connectivity index (χ3n) is 2.88. The molecule has 2 aromatic rings. The Morgan fingerprint density at radius 1 is 1.32 bits per heavy atom. The zero-order valence-electron chi connectivity index (χ0n) is 11.1. The van der Waals surface area contributed by atoms with Gasteiger partial charge in [-0.3, -0.25) is 4.98 Å². The molecule has 0 saturated heterocycles. The van der Waals surface area contributed by atoms with Crippen LogP contribution < -0.4 is 10.1 Å². The number of pyridine rings is 1. The fourth-order valence-electron chi connectivity index (χ4n) is 1.98. The molecule has 0 aliphatic carbocycles. The molecule has 1 aromatic heterocycles. The molecule has 19 heavy (non-hydrogen) atoms. The molecule has 1 aromatic carbocycles. The van der Waals surface area contributed by atoms with Gasteiger partial charge >= 0.3 is 0 Å². The van der Waals surface area contributed by atoms with Crippen molar-refractivity contribution < 1.29 is 4.74 Å². The van der Waals surface area contributed by atoms with Crippen LogP contribution in [-0.4, -0.2) is 18.6 Å². The summed E-state index contributed by atoms with van der Waals surface area (Å²) in [6.07, 6.45) is 1.67. The summed E-state index contributed by atoms with van der Waals surface area (Å²) in [7, 11) is 1.67. The van der Waals surface area contributed by atoms with Crippen LogP contribution in [0.3, 0.4) is 0 Å². The highest BCUT2D eigenvalue weighted by Crippen LogP contribution is 2.24. The average molecular weight is 277 g/mol. The van der Waals surface area contributed by atoms with Crippen molar-refractivity contribution >= 4 is 11.6 Å². The minimum Gasteiger partial charge on any atom is -0.497 e. The zero-order chi connectivity index (χ0) is 13.7. The maximum absolute atomic E-state index is 5.88. The van der Waals surface area contributed by atoms with Gasteiger partial charge < -0.3 is 10.1 Å². The summed E-state index contributed by atoms with van der Waals surface area (Å²) in [4.78, 5) is 4.39. The van der Waals surface area contributed by atoms with Crippen molar-refractivity contribution in [2.24, 2.45) is 0 Å². The number of halogens is 1. The van der Waals surface area contributed by atoms with E-state index in [0.29, 0.717) is 5.02 Å². The Hall–Kier alpha value is -1.58. The topological polar surface area (TPSA) is 34.1 Å². The fraction of sp³-hybridized carbons (Fsp3) is 0.267. The third-order valence-corrected chi connectivity index (χ3v) is 3.10. The van der Waals surface area contributed by atoms with E-state index in [1.807, 2.05) is 30.3 Å². The number of ether oxygens (including phenoxy) is 1. The van der Waals surface area contributed by atoms with E-state index in [0.717, 1.165) is 23.6 Å². The number of nitrogens with one attached hydrogen (secondary N) is 1. The molecule has 1 N–H and O–H groups in total. The Bertz CT molecular complexity index is 528. The molecular weight excluding hydrogens is 260 g/mol. The van der Waals surface area contributed by atoms with Crippen LogP contribution in [0, 0.1) is 0 Å². The maximum Gasteiger partial charge on any atom is 0.119 e. The van der Waals surface area contributed by atoms with E-state index < -0.39 is 0 Å². The van der Waals surface area contributed by atoms with E-state index in [1.165, 1.54) is 0 Å². The molecular formula is C15H17ClN2O. The van der Waals surface area contributed by atoms with Crippen molar-refractivity contribution in [3.8, 4) is 5.75 Å². The Morgan fingerprint density at radius 2 is 2.16 bits per heavy atom. The standard InChI is InChI=1S/C15H17ClN2O/c1-3-17-15(14-8-7-12(16)10-18-14)11-5-4-6-13(9-11)19-2/h4-10,15,17H,3H2,1-2H3. The molecule has 0 saturated carbocycles. The van der Waals surface area contributed by atoms with Gasteiger partial charge in [0, 0.05) is 6.20 Å².